The molecule has 0 aliphatic rings. The number of alkyl halides is 3. The van der Waals surface area contributed by atoms with Crippen LogP contribution < -0.4 is 11.1 Å². The van der Waals surface area contributed by atoms with Crippen LogP contribution in [0, 0.1) is 0 Å². The SMILES string of the molecule is CC(N)(C(=O)Nc1cnn(CC(=O)O)c1)C(F)(F)F. The minimum Gasteiger partial charge on any atom is -0.480 e. The Labute approximate surface area is 105 Å². The Morgan fingerprint density at radius 2 is 2.11 bits per heavy atom. The Kier molecular flexibility index (Phi) is 3.84. The molecule has 0 bridgehead atoms. The summed E-state index contributed by atoms with van der Waals surface area (Å²) in [6.45, 7) is 0.0546. The molecule has 7 nitrogen and oxygen atoms in total. The summed E-state index contributed by atoms with van der Waals surface area (Å²) in [5, 5.41) is 14.0. The molecular weight excluding hydrogens is 269 g/mol. The number of carboxylic acids is 1. The fourth-order valence-corrected chi connectivity index (χ4v) is 1.04. The predicted molar refractivity (Wildman–Crippen MR) is 57.1 cm³/mol. The lowest BCUT2D eigenvalue weighted by Gasteiger charge is -2.25. The Hall–Kier alpha value is -2.10. The molecule has 0 radical (unpaired) electrons. The first kappa shape index (κ1) is 15.0. The third-order valence-electron chi connectivity index (χ3n) is 2.25. The van der Waals surface area contributed by atoms with Gasteiger partial charge in [-0.25, -0.2) is 0 Å². The summed E-state index contributed by atoms with van der Waals surface area (Å²) in [4.78, 5) is 21.8. The average molecular weight is 280 g/mol. The molecule has 10 heteroatoms. The van der Waals surface area contributed by atoms with Crippen molar-refractivity contribution in [1.82, 2.24) is 9.78 Å². The molecule has 19 heavy (non-hydrogen) atoms. The lowest BCUT2D eigenvalue weighted by molar-refractivity contribution is -0.184. The zero-order valence-corrected chi connectivity index (χ0v) is 9.73. The molecule has 0 aliphatic heterocycles. The number of amides is 1. The second-order valence-corrected chi connectivity index (χ2v) is 3.97. The van der Waals surface area contributed by atoms with Gasteiger partial charge in [0.25, 0.3) is 5.91 Å². The third-order valence-corrected chi connectivity index (χ3v) is 2.25. The molecule has 0 aromatic carbocycles. The number of nitrogens with one attached hydrogen (secondary N) is 1. The minimum atomic E-state index is -4.91. The maximum atomic E-state index is 12.5. The minimum absolute atomic E-state index is 0.0767. The van der Waals surface area contributed by atoms with Gasteiger partial charge in [0, 0.05) is 6.20 Å². The molecular formula is C9H11F3N4O3. The van der Waals surface area contributed by atoms with Crippen LogP contribution >= 0.6 is 0 Å². The van der Waals surface area contributed by atoms with Gasteiger partial charge in [-0.3, -0.25) is 14.3 Å². The van der Waals surface area contributed by atoms with E-state index in [0.29, 0.717) is 6.92 Å². The molecule has 4 N–H and O–H groups in total. The number of anilines is 1. The number of aromatic nitrogens is 2. The Bertz CT molecular complexity index is 495. The lowest BCUT2D eigenvalue weighted by atomic mass is 10.0. The number of hydrogen-bond acceptors (Lipinski definition) is 4. The molecule has 1 heterocycles. The van der Waals surface area contributed by atoms with Gasteiger partial charge in [-0.1, -0.05) is 0 Å². The van der Waals surface area contributed by atoms with E-state index in [9.17, 15) is 22.8 Å². The fourth-order valence-electron chi connectivity index (χ4n) is 1.04. The van der Waals surface area contributed by atoms with E-state index in [-0.39, 0.29) is 5.69 Å². The molecule has 1 atom stereocenters. The van der Waals surface area contributed by atoms with Crippen LogP contribution in [0.1, 0.15) is 6.92 Å². The van der Waals surface area contributed by atoms with Crippen LogP contribution in [0.4, 0.5) is 18.9 Å². The molecule has 1 amide bonds. The zero-order chi connectivity index (χ0) is 14.8. The van der Waals surface area contributed by atoms with Crippen molar-refractivity contribution >= 4 is 17.6 Å². The highest BCUT2D eigenvalue weighted by atomic mass is 19.4. The lowest BCUT2D eigenvalue weighted by Crippen LogP contribution is -2.59. The van der Waals surface area contributed by atoms with Gasteiger partial charge in [0.05, 0.1) is 11.9 Å². The van der Waals surface area contributed by atoms with Crippen LogP contribution in [0.3, 0.4) is 0 Å². The van der Waals surface area contributed by atoms with Crippen molar-refractivity contribution in [3.05, 3.63) is 12.4 Å². The van der Waals surface area contributed by atoms with Crippen LogP contribution in [0.25, 0.3) is 0 Å². The molecule has 106 valence electrons. The number of aliphatic carboxylic acids is 1. The van der Waals surface area contributed by atoms with Crippen molar-refractivity contribution in [2.24, 2.45) is 5.73 Å². The van der Waals surface area contributed by atoms with Gasteiger partial charge in [0.15, 0.2) is 5.54 Å². The first-order valence-electron chi connectivity index (χ1n) is 4.95. The van der Waals surface area contributed by atoms with Crippen molar-refractivity contribution < 1.29 is 27.9 Å². The van der Waals surface area contributed by atoms with E-state index < -0.39 is 30.1 Å². The van der Waals surface area contributed by atoms with E-state index in [4.69, 9.17) is 10.8 Å². The number of carbonyl (C=O) groups excluding carboxylic acids is 1. The summed E-state index contributed by atoms with van der Waals surface area (Å²) in [5.41, 5.74) is 1.78. The van der Waals surface area contributed by atoms with Crippen LogP contribution in [-0.2, 0) is 16.1 Å². The second-order valence-electron chi connectivity index (χ2n) is 3.97. The summed E-state index contributed by atoms with van der Waals surface area (Å²) in [6.07, 6.45) is -2.81. The van der Waals surface area contributed by atoms with Crippen molar-refractivity contribution in [1.29, 1.82) is 0 Å². The van der Waals surface area contributed by atoms with E-state index in [2.05, 4.69) is 5.10 Å². The van der Waals surface area contributed by atoms with E-state index in [0.717, 1.165) is 17.1 Å². The Morgan fingerprint density at radius 1 is 1.53 bits per heavy atom. The molecule has 0 spiro atoms. The highest BCUT2D eigenvalue weighted by molar-refractivity contribution is 5.98. The number of halogens is 3. The molecule has 1 aromatic rings. The van der Waals surface area contributed by atoms with Crippen LogP contribution in [0.5, 0.6) is 0 Å². The fraction of sp³-hybridized carbons (Fsp3) is 0.444. The quantitative estimate of drug-likeness (QED) is 0.729. The summed E-state index contributed by atoms with van der Waals surface area (Å²) in [5.74, 6) is -2.64. The van der Waals surface area contributed by atoms with Gasteiger partial charge < -0.3 is 16.2 Å². The largest absolute Gasteiger partial charge is 0.480 e. The van der Waals surface area contributed by atoms with Crippen LogP contribution in [0.15, 0.2) is 12.4 Å². The molecule has 0 fully saturated rings. The third kappa shape index (κ3) is 3.44. The van der Waals surface area contributed by atoms with E-state index >= 15 is 0 Å². The average Bonchev–Trinajstić information content (AvgIpc) is 2.62. The number of rotatable bonds is 4. The number of hydrogen-bond donors (Lipinski definition) is 3. The van der Waals surface area contributed by atoms with Gasteiger partial charge in [0.1, 0.15) is 6.54 Å². The molecule has 1 aromatic heterocycles. The molecule has 0 saturated carbocycles. The van der Waals surface area contributed by atoms with Gasteiger partial charge in [0.2, 0.25) is 0 Å². The summed E-state index contributed by atoms with van der Waals surface area (Å²) >= 11 is 0. The van der Waals surface area contributed by atoms with Crippen molar-refractivity contribution in [3.63, 3.8) is 0 Å². The number of nitrogens with zero attached hydrogens (tertiary/aromatic N) is 2. The Morgan fingerprint density at radius 3 is 2.58 bits per heavy atom. The maximum Gasteiger partial charge on any atom is 0.415 e. The standard InChI is InChI=1S/C9H11F3N4O3/c1-8(13,9(10,11)12)7(19)15-5-2-14-16(3-5)4-6(17)18/h2-3H,4,13H2,1H3,(H,15,19)(H,17,18). The van der Waals surface area contributed by atoms with E-state index in [1.807, 2.05) is 5.32 Å². The molecule has 0 saturated heterocycles. The van der Waals surface area contributed by atoms with Crippen molar-refractivity contribution in [2.45, 2.75) is 25.2 Å². The number of carbonyl (C=O) groups is 2. The second kappa shape index (κ2) is 4.88. The van der Waals surface area contributed by atoms with Crippen molar-refractivity contribution in [3.8, 4) is 0 Å². The Balaban J connectivity index is 2.78. The highest BCUT2D eigenvalue weighted by Gasteiger charge is 2.54. The zero-order valence-electron chi connectivity index (χ0n) is 9.73. The molecule has 1 unspecified atom stereocenters. The van der Waals surface area contributed by atoms with Crippen LogP contribution in [0.2, 0.25) is 0 Å². The monoisotopic (exact) mass is 280 g/mol. The van der Waals surface area contributed by atoms with Gasteiger partial charge in [-0.2, -0.15) is 18.3 Å². The predicted octanol–water partition coefficient (Wildman–Crippen LogP) is 0.186. The highest BCUT2D eigenvalue weighted by Crippen LogP contribution is 2.28. The topological polar surface area (TPSA) is 110 Å². The maximum absolute atomic E-state index is 12.5. The first-order chi connectivity index (χ1) is 8.54. The summed E-state index contributed by atoms with van der Waals surface area (Å²) in [7, 11) is 0. The van der Waals surface area contributed by atoms with Gasteiger partial charge in [-0.15, -0.1) is 0 Å². The summed E-state index contributed by atoms with van der Waals surface area (Å²) in [6, 6.07) is 0. The van der Waals surface area contributed by atoms with Gasteiger partial charge >= 0.3 is 12.1 Å². The van der Waals surface area contributed by atoms with Crippen LogP contribution in [-0.4, -0.2) is 38.5 Å². The molecule has 1 rings (SSSR count). The summed E-state index contributed by atoms with van der Waals surface area (Å²) < 4.78 is 38.4. The van der Waals surface area contributed by atoms with E-state index in [1.165, 1.54) is 0 Å². The molecule has 0 aliphatic carbocycles. The van der Waals surface area contributed by atoms with Gasteiger partial charge in [-0.05, 0) is 6.92 Å². The normalized spacial score (nSPS) is 14.8. The number of carboxylic acid groups (broad SMARTS) is 1. The van der Waals surface area contributed by atoms with E-state index in [1.54, 1.807) is 0 Å². The first-order valence-corrected chi connectivity index (χ1v) is 4.95. The van der Waals surface area contributed by atoms with Crippen molar-refractivity contribution in [2.75, 3.05) is 5.32 Å². The smallest absolute Gasteiger partial charge is 0.415 e. The number of nitrogens with two attached hydrogens (primary N) is 1.